The van der Waals surface area contributed by atoms with Crippen LogP contribution in [-0.2, 0) is 13.0 Å². The largest absolute Gasteiger partial charge is 0.507 e. The van der Waals surface area contributed by atoms with Gasteiger partial charge in [-0.15, -0.1) is 0 Å². The van der Waals surface area contributed by atoms with Crippen LogP contribution in [0.15, 0.2) is 18.5 Å². The van der Waals surface area contributed by atoms with Crippen LogP contribution in [0.3, 0.4) is 0 Å². The van der Waals surface area contributed by atoms with Crippen molar-refractivity contribution in [2.75, 3.05) is 6.54 Å². The van der Waals surface area contributed by atoms with Crippen LogP contribution in [0.4, 0.5) is 0 Å². The second kappa shape index (κ2) is 6.33. The summed E-state index contributed by atoms with van der Waals surface area (Å²) in [5.74, 6) is 1.33. The van der Waals surface area contributed by atoms with Crippen LogP contribution in [0.25, 0.3) is 0 Å². The molecule has 0 radical (unpaired) electrons. The number of nitrogens with zero attached hydrogens (tertiary/aromatic N) is 2. The van der Waals surface area contributed by atoms with E-state index in [4.69, 9.17) is 0 Å². The highest BCUT2D eigenvalue weighted by atomic mass is 16.3. The van der Waals surface area contributed by atoms with Gasteiger partial charge in [-0.1, -0.05) is 12.1 Å². The Bertz CT molecular complexity index is 499. The summed E-state index contributed by atoms with van der Waals surface area (Å²) in [6.45, 7) is 5.60. The first-order valence-electron chi connectivity index (χ1n) is 6.51. The first-order chi connectivity index (χ1) is 9.16. The molecule has 2 rings (SSSR count). The Hall–Kier alpha value is -1.88. The summed E-state index contributed by atoms with van der Waals surface area (Å²) < 4.78 is 0. The average Bonchev–Trinajstić information content (AvgIpc) is 2.88. The van der Waals surface area contributed by atoms with Gasteiger partial charge < -0.3 is 10.4 Å². The normalized spacial score (nSPS) is 10.8. The second-order valence-corrected chi connectivity index (χ2v) is 4.79. The van der Waals surface area contributed by atoms with Crippen molar-refractivity contribution in [1.82, 2.24) is 20.5 Å². The molecule has 0 aliphatic heterocycles. The molecule has 0 saturated heterocycles. The average molecular weight is 260 g/mol. The summed E-state index contributed by atoms with van der Waals surface area (Å²) in [6.07, 6.45) is 3.45. The number of aromatic amines is 1. The fourth-order valence-corrected chi connectivity index (χ4v) is 2.11. The van der Waals surface area contributed by atoms with Gasteiger partial charge in [0.1, 0.15) is 17.9 Å². The number of phenols is 1. The van der Waals surface area contributed by atoms with E-state index >= 15 is 0 Å². The van der Waals surface area contributed by atoms with Crippen LogP contribution >= 0.6 is 0 Å². The summed E-state index contributed by atoms with van der Waals surface area (Å²) in [7, 11) is 0. The van der Waals surface area contributed by atoms with Gasteiger partial charge in [0.15, 0.2) is 0 Å². The SMILES string of the molecule is Cc1cc(CNCCCc2ncn[nH]2)cc(C)c1O. The van der Waals surface area contributed by atoms with E-state index in [0.717, 1.165) is 42.9 Å². The molecule has 3 N–H and O–H groups in total. The molecule has 1 heterocycles. The number of H-pyrrole nitrogens is 1. The monoisotopic (exact) mass is 260 g/mol. The summed E-state index contributed by atoms with van der Waals surface area (Å²) >= 11 is 0. The molecule has 0 unspecified atom stereocenters. The molecular formula is C14H20N4O. The van der Waals surface area contributed by atoms with Crippen LogP contribution in [0.5, 0.6) is 5.75 Å². The molecule has 5 heteroatoms. The van der Waals surface area contributed by atoms with E-state index in [1.54, 1.807) is 0 Å². The molecule has 1 aromatic heterocycles. The van der Waals surface area contributed by atoms with Gasteiger partial charge >= 0.3 is 0 Å². The maximum atomic E-state index is 9.71. The Labute approximate surface area is 113 Å². The molecular weight excluding hydrogens is 240 g/mol. The second-order valence-electron chi connectivity index (χ2n) is 4.79. The van der Waals surface area contributed by atoms with Crippen molar-refractivity contribution in [2.24, 2.45) is 0 Å². The van der Waals surface area contributed by atoms with E-state index in [2.05, 4.69) is 20.5 Å². The van der Waals surface area contributed by atoms with E-state index in [-0.39, 0.29) is 0 Å². The molecule has 2 aromatic rings. The van der Waals surface area contributed by atoms with Gasteiger partial charge in [-0.25, -0.2) is 4.98 Å². The summed E-state index contributed by atoms with van der Waals surface area (Å²) in [5, 5.41) is 19.8. The van der Waals surface area contributed by atoms with E-state index in [1.807, 2.05) is 26.0 Å². The van der Waals surface area contributed by atoms with Crippen molar-refractivity contribution >= 4 is 0 Å². The number of benzene rings is 1. The van der Waals surface area contributed by atoms with Crippen LogP contribution in [0.1, 0.15) is 28.9 Å². The molecule has 0 saturated carbocycles. The zero-order chi connectivity index (χ0) is 13.7. The van der Waals surface area contributed by atoms with Gasteiger partial charge in [-0.3, -0.25) is 5.10 Å². The molecule has 0 atom stereocenters. The molecule has 0 fully saturated rings. The maximum Gasteiger partial charge on any atom is 0.137 e. The third-order valence-electron chi connectivity index (χ3n) is 3.11. The van der Waals surface area contributed by atoms with Crippen molar-refractivity contribution in [3.63, 3.8) is 0 Å². The van der Waals surface area contributed by atoms with Crippen LogP contribution in [-0.4, -0.2) is 26.8 Å². The lowest BCUT2D eigenvalue weighted by atomic mass is 10.1. The first kappa shape index (κ1) is 13.5. The van der Waals surface area contributed by atoms with E-state index in [9.17, 15) is 5.11 Å². The first-order valence-corrected chi connectivity index (χ1v) is 6.51. The topological polar surface area (TPSA) is 73.8 Å². The lowest BCUT2D eigenvalue weighted by Crippen LogP contribution is -2.15. The van der Waals surface area contributed by atoms with Crippen molar-refractivity contribution < 1.29 is 5.11 Å². The Morgan fingerprint density at radius 1 is 1.26 bits per heavy atom. The maximum absolute atomic E-state index is 9.71. The third-order valence-corrected chi connectivity index (χ3v) is 3.11. The summed E-state index contributed by atoms with van der Waals surface area (Å²) in [6, 6.07) is 4.04. The highest BCUT2D eigenvalue weighted by Crippen LogP contribution is 2.22. The molecule has 0 amide bonds. The molecule has 102 valence electrons. The van der Waals surface area contributed by atoms with E-state index in [1.165, 1.54) is 11.9 Å². The minimum absolute atomic E-state index is 0.397. The molecule has 0 spiro atoms. The quantitative estimate of drug-likeness (QED) is 0.693. The van der Waals surface area contributed by atoms with Crippen LogP contribution < -0.4 is 5.32 Å². The Kier molecular flexibility index (Phi) is 4.52. The van der Waals surface area contributed by atoms with Crippen molar-refractivity contribution in [2.45, 2.75) is 33.2 Å². The number of nitrogens with one attached hydrogen (secondary N) is 2. The number of phenolic OH excluding ortho intramolecular Hbond substituents is 1. The van der Waals surface area contributed by atoms with Gasteiger partial charge in [0.25, 0.3) is 0 Å². The van der Waals surface area contributed by atoms with Crippen molar-refractivity contribution in [3.05, 3.63) is 41.0 Å². The Morgan fingerprint density at radius 2 is 2.00 bits per heavy atom. The number of rotatable bonds is 6. The Morgan fingerprint density at radius 3 is 2.63 bits per heavy atom. The Balaban J connectivity index is 1.74. The number of hydrogen-bond acceptors (Lipinski definition) is 4. The smallest absolute Gasteiger partial charge is 0.137 e. The number of hydrogen-bond donors (Lipinski definition) is 3. The molecule has 0 aliphatic carbocycles. The van der Waals surface area contributed by atoms with Crippen LogP contribution in [0.2, 0.25) is 0 Å². The standard InChI is InChI=1S/C14H20N4O/c1-10-6-12(7-11(2)14(10)19)8-15-5-3-4-13-16-9-17-18-13/h6-7,9,15,19H,3-5,8H2,1-2H3,(H,16,17,18). The molecule has 19 heavy (non-hydrogen) atoms. The van der Waals surface area contributed by atoms with Crippen LogP contribution in [0, 0.1) is 13.8 Å². The summed E-state index contributed by atoms with van der Waals surface area (Å²) in [5.41, 5.74) is 3.06. The lowest BCUT2D eigenvalue weighted by Gasteiger charge is -2.09. The molecule has 5 nitrogen and oxygen atoms in total. The highest BCUT2D eigenvalue weighted by Gasteiger charge is 2.03. The number of aryl methyl sites for hydroxylation is 3. The predicted octanol–water partition coefficient (Wildman–Crippen LogP) is 1.85. The molecule has 1 aromatic carbocycles. The molecule has 0 aliphatic rings. The summed E-state index contributed by atoms with van der Waals surface area (Å²) in [4.78, 5) is 4.08. The zero-order valence-corrected chi connectivity index (χ0v) is 11.4. The zero-order valence-electron chi connectivity index (χ0n) is 11.4. The third kappa shape index (κ3) is 3.79. The van der Waals surface area contributed by atoms with Gasteiger partial charge in [-0.05, 0) is 43.5 Å². The van der Waals surface area contributed by atoms with E-state index < -0.39 is 0 Å². The van der Waals surface area contributed by atoms with Gasteiger partial charge in [0, 0.05) is 13.0 Å². The highest BCUT2D eigenvalue weighted by molar-refractivity contribution is 5.42. The van der Waals surface area contributed by atoms with Gasteiger partial charge in [0.05, 0.1) is 0 Å². The minimum atomic E-state index is 0.397. The number of aromatic hydroxyl groups is 1. The fourth-order valence-electron chi connectivity index (χ4n) is 2.11. The number of aromatic nitrogens is 3. The minimum Gasteiger partial charge on any atom is -0.507 e. The lowest BCUT2D eigenvalue weighted by molar-refractivity contribution is 0.466. The van der Waals surface area contributed by atoms with Gasteiger partial charge in [-0.2, -0.15) is 5.10 Å². The van der Waals surface area contributed by atoms with Crippen molar-refractivity contribution in [3.8, 4) is 5.75 Å². The molecule has 0 bridgehead atoms. The predicted molar refractivity (Wildman–Crippen MR) is 74.0 cm³/mol. The fraction of sp³-hybridized carbons (Fsp3) is 0.429. The van der Waals surface area contributed by atoms with Crippen molar-refractivity contribution in [1.29, 1.82) is 0 Å². The van der Waals surface area contributed by atoms with Gasteiger partial charge in [0.2, 0.25) is 0 Å². The van der Waals surface area contributed by atoms with E-state index in [0.29, 0.717) is 5.75 Å².